The van der Waals surface area contributed by atoms with Crippen LogP contribution < -0.4 is 9.61 Å². The lowest BCUT2D eigenvalue weighted by molar-refractivity contribution is 0.0951. The summed E-state index contributed by atoms with van der Waals surface area (Å²) in [5, 5.41) is 2.88. The van der Waals surface area contributed by atoms with Crippen molar-refractivity contribution in [3.8, 4) is 5.75 Å². The summed E-state index contributed by atoms with van der Waals surface area (Å²) in [6.07, 6.45) is 2.13. The average Bonchev–Trinajstić information content (AvgIpc) is 3.02. The summed E-state index contributed by atoms with van der Waals surface area (Å²) in [6, 6.07) is 5.29. The SMILES string of the molecule is O=C(NC1CC1)c1ccc(S)c(OCl)c1. The molecule has 1 amide bonds. The second kappa shape index (κ2) is 4.33. The number of hydrogen-bond acceptors (Lipinski definition) is 3. The van der Waals surface area contributed by atoms with Gasteiger partial charge in [-0.15, -0.1) is 12.6 Å². The first-order valence-electron chi connectivity index (χ1n) is 4.63. The zero-order chi connectivity index (χ0) is 10.8. The lowest BCUT2D eigenvalue weighted by Crippen LogP contribution is -2.25. The second-order valence-electron chi connectivity index (χ2n) is 3.51. The van der Waals surface area contributed by atoms with Crippen molar-refractivity contribution in [1.82, 2.24) is 5.32 Å². The molecule has 5 heteroatoms. The third kappa shape index (κ3) is 2.58. The number of hydrogen-bond donors (Lipinski definition) is 2. The zero-order valence-electron chi connectivity index (χ0n) is 7.87. The van der Waals surface area contributed by atoms with Gasteiger partial charge in [0.1, 0.15) is 11.9 Å². The van der Waals surface area contributed by atoms with Crippen LogP contribution in [0.4, 0.5) is 0 Å². The molecule has 0 aliphatic heterocycles. The van der Waals surface area contributed by atoms with E-state index in [4.69, 9.17) is 11.9 Å². The molecule has 0 unspecified atom stereocenters. The molecule has 2 rings (SSSR count). The number of thiol groups is 1. The fraction of sp³-hybridized carbons (Fsp3) is 0.300. The van der Waals surface area contributed by atoms with E-state index in [9.17, 15) is 4.79 Å². The molecule has 1 aliphatic rings. The van der Waals surface area contributed by atoms with Gasteiger partial charge in [-0.1, -0.05) is 0 Å². The van der Waals surface area contributed by atoms with Crippen molar-refractivity contribution in [3.63, 3.8) is 0 Å². The van der Waals surface area contributed by atoms with Crippen LogP contribution in [0.15, 0.2) is 23.1 Å². The van der Waals surface area contributed by atoms with E-state index in [0.29, 0.717) is 22.3 Å². The number of carbonyl (C=O) groups is 1. The van der Waals surface area contributed by atoms with E-state index < -0.39 is 0 Å². The first-order chi connectivity index (χ1) is 7.20. The Kier molecular flexibility index (Phi) is 3.07. The van der Waals surface area contributed by atoms with Gasteiger partial charge in [-0.25, -0.2) is 0 Å². The summed E-state index contributed by atoms with van der Waals surface area (Å²) in [5.74, 6) is 0.296. The predicted octanol–water partition coefficient (Wildman–Crippen LogP) is 2.40. The molecule has 0 heterocycles. The summed E-state index contributed by atoms with van der Waals surface area (Å²) in [7, 11) is 0. The number of rotatable bonds is 3. The maximum absolute atomic E-state index is 11.6. The molecule has 3 nitrogen and oxygen atoms in total. The summed E-state index contributed by atoms with van der Waals surface area (Å²) in [4.78, 5) is 12.2. The van der Waals surface area contributed by atoms with Crippen LogP contribution in [0.2, 0.25) is 0 Å². The van der Waals surface area contributed by atoms with E-state index >= 15 is 0 Å². The molecule has 1 aromatic rings. The van der Waals surface area contributed by atoms with E-state index in [-0.39, 0.29) is 5.91 Å². The average molecular weight is 244 g/mol. The quantitative estimate of drug-likeness (QED) is 0.801. The Balaban J connectivity index is 2.16. The highest BCUT2D eigenvalue weighted by molar-refractivity contribution is 7.80. The predicted molar refractivity (Wildman–Crippen MR) is 60.7 cm³/mol. The van der Waals surface area contributed by atoms with Crippen molar-refractivity contribution < 1.29 is 9.08 Å². The molecular weight excluding hydrogens is 234 g/mol. The summed E-state index contributed by atoms with van der Waals surface area (Å²) >= 11 is 9.38. The molecule has 1 N–H and O–H groups in total. The molecular formula is C10H10ClNO2S. The lowest BCUT2D eigenvalue weighted by atomic mass is 10.2. The molecule has 15 heavy (non-hydrogen) atoms. The molecule has 0 atom stereocenters. The Labute approximate surface area is 98.3 Å². The van der Waals surface area contributed by atoms with Gasteiger partial charge >= 0.3 is 0 Å². The molecule has 0 spiro atoms. The number of amides is 1. The third-order valence-corrected chi connectivity index (χ3v) is 2.75. The van der Waals surface area contributed by atoms with Crippen LogP contribution in [-0.2, 0) is 0 Å². The zero-order valence-corrected chi connectivity index (χ0v) is 9.52. The maximum Gasteiger partial charge on any atom is 0.251 e. The van der Waals surface area contributed by atoms with Crippen LogP contribution in [0.25, 0.3) is 0 Å². The van der Waals surface area contributed by atoms with Crippen molar-refractivity contribution in [3.05, 3.63) is 23.8 Å². The first kappa shape index (κ1) is 10.6. The van der Waals surface area contributed by atoms with Crippen molar-refractivity contribution in [2.75, 3.05) is 0 Å². The largest absolute Gasteiger partial charge is 0.384 e. The first-order valence-corrected chi connectivity index (χ1v) is 5.39. The van der Waals surface area contributed by atoms with E-state index in [1.807, 2.05) is 0 Å². The van der Waals surface area contributed by atoms with Gasteiger partial charge in [0, 0.05) is 16.5 Å². The number of benzene rings is 1. The van der Waals surface area contributed by atoms with Crippen molar-refractivity contribution in [1.29, 1.82) is 0 Å². The van der Waals surface area contributed by atoms with Gasteiger partial charge in [0.05, 0.1) is 0 Å². The van der Waals surface area contributed by atoms with Crippen LogP contribution >= 0.6 is 24.5 Å². The summed E-state index contributed by atoms with van der Waals surface area (Å²) < 4.78 is 4.57. The molecule has 1 saturated carbocycles. The molecule has 0 radical (unpaired) electrons. The highest BCUT2D eigenvalue weighted by Crippen LogP contribution is 2.25. The molecule has 1 aromatic carbocycles. The standard InChI is InChI=1S/C10H10ClNO2S/c11-14-8-5-6(1-4-9(8)15)10(13)12-7-2-3-7/h1,4-5,7,15H,2-3H2,(H,12,13). The maximum atomic E-state index is 11.6. The monoisotopic (exact) mass is 243 g/mol. The highest BCUT2D eigenvalue weighted by atomic mass is 35.5. The summed E-state index contributed by atoms with van der Waals surface area (Å²) in [5.41, 5.74) is 0.537. The molecule has 0 aromatic heterocycles. The molecule has 1 aliphatic carbocycles. The highest BCUT2D eigenvalue weighted by Gasteiger charge is 2.24. The van der Waals surface area contributed by atoms with Gasteiger partial charge in [0.25, 0.3) is 5.91 Å². The van der Waals surface area contributed by atoms with Gasteiger partial charge in [-0.3, -0.25) is 4.79 Å². The van der Waals surface area contributed by atoms with Crippen molar-refractivity contribution in [2.45, 2.75) is 23.8 Å². The molecule has 0 bridgehead atoms. The van der Waals surface area contributed by atoms with E-state index in [1.54, 1.807) is 18.2 Å². The topological polar surface area (TPSA) is 38.3 Å². The molecule has 80 valence electrons. The third-order valence-electron chi connectivity index (χ3n) is 2.22. The number of carbonyl (C=O) groups excluding carboxylic acids is 1. The minimum absolute atomic E-state index is 0.0965. The normalized spacial score (nSPS) is 14.8. The Bertz CT molecular complexity index is 393. The summed E-state index contributed by atoms with van der Waals surface area (Å²) in [6.45, 7) is 0. The number of nitrogens with one attached hydrogen (secondary N) is 1. The second-order valence-corrected chi connectivity index (χ2v) is 4.14. The number of halogens is 1. The Morgan fingerprint density at radius 1 is 1.53 bits per heavy atom. The van der Waals surface area contributed by atoms with Crippen LogP contribution in [0.3, 0.4) is 0 Å². The van der Waals surface area contributed by atoms with Crippen LogP contribution in [0.5, 0.6) is 5.75 Å². The van der Waals surface area contributed by atoms with Gasteiger partial charge in [-0.2, -0.15) is 0 Å². The van der Waals surface area contributed by atoms with Crippen LogP contribution in [0, 0.1) is 0 Å². The molecule has 0 saturated heterocycles. The van der Waals surface area contributed by atoms with Crippen molar-refractivity contribution >= 4 is 30.4 Å². The smallest absolute Gasteiger partial charge is 0.251 e. The van der Waals surface area contributed by atoms with Crippen LogP contribution in [0.1, 0.15) is 23.2 Å². The fourth-order valence-electron chi connectivity index (χ4n) is 1.21. The van der Waals surface area contributed by atoms with Gasteiger partial charge in [0.2, 0.25) is 0 Å². The van der Waals surface area contributed by atoms with E-state index in [0.717, 1.165) is 12.8 Å². The van der Waals surface area contributed by atoms with Gasteiger partial charge in [-0.05, 0) is 31.0 Å². The Morgan fingerprint density at radius 3 is 2.87 bits per heavy atom. The minimum atomic E-state index is -0.0965. The van der Waals surface area contributed by atoms with Crippen LogP contribution in [-0.4, -0.2) is 11.9 Å². The molecule has 1 fully saturated rings. The minimum Gasteiger partial charge on any atom is -0.384 e. The van der Waals surface area contributed by atoms with Gasteiger partial charge < -0.3 is 9.61 Å². The lowest BCUT2D eigenvalue weighted by Gasteiger charge is -2.05. The Hall–Kier alpha value is -0.870. The van der Waals surface area contributed by atoms with E-state index in [2.05, 4.69) is 22.2 Å². The Morgan fingerprint density at radius 2 is 2.27 bits per heavy atom. The van der Waals surface area contributed by atoms with E-state index in [1.165, 1.54) is 0 Å². The van der Waals surface area contributed by atoms with Gasteiger partial charge in [0.15, 0.2) is 5.75 Å². The fourth-order valence-corrected chi connectivity index (χ4v) is 1.58. The van der Waals surface area contributed by atoms with Crippen molar-refractivity contribution in [2.24, 2.45) is 0 Å².